The summed E-state index contributed by atoms with van der Waals surface area (Å²) in [5.74, 6) is -1.15. The minimum atomic E-state index is -3.76. The van der Waals surface area contributed by atoms with Gasteiger partial charge in [-0.05, 0) is 37.1 Å². The number of aromatic carboxylic acids is 1. The molecular weight excluding hydrogens is 256 g/mol. The van der Waals surface area contributed by atoms with Crippen LogP contribution in [0.4, 0.5) is 0 Å². The Morgan fingerprint density at radius 3 is 2.28 bits per heavy atom. The number of carboxylic acids is 1. The van der Waals surface area contributed by atoms with Crippen LogP contribution in [-0.4, -0.2) is 38.6 Å². The van der Waals surface area contributed by atoms with Crippen LogP contribution in [0.25, 0.3) is 0 Å². The maximum Gasteiger partial charge on any atom is 0.335 e. The van der Waals surface area contributed by atoms with Gasteiger partial charge in [-0.1, -0.05) is 0 Å². The summed E-state index contributed by atoms with van der Waals surface area (Å²) in [7, 11) is -0.671. The minimum Gasteiger partial charge on any atom is -0.478 e. The van der Waals surface area contributed by atoms with Gasteiger partial charge in [0, 0.05) is 14.1 Å². The first-order valence-corrected chi connectivity index (χ1v) is 6.68. The van der Waals surface area contributed by atoms with E-state index in [2.05, 4.69) is 4.83 Å². The molecule has 2 N–H and O–H groups in total. The molecule has 0 spiro atoms. The fourth-order valence-corrected chi connectivity index (χ4v) is 2.94. The van der Waals surface area contributed by atoms with Crippen LogP contribution >= 0.6 is 0 Å². The molecule has 0 saturated heterocycles. The summed E-state index contributed by atoms with van der Waals surface area (Å²) in [6.45, 7) is 3.32. The van der Waals surface area contributed by atoms with Crippen molar-refractivity contribution in [2.75, 3.05) is 14.1 Å². The van der Waals surface area contributed by atoms with Gasteiger partial charge in [0.05, 0.1) is 10.5 Å². The number of nitrogens with one attached hydrogen (secondary N) is 1. The van der Waals surface area contributed by atoms with Gasteiger partial charge in [-0.3, -0.25) is 0 Å². The smallest absolute Gasteiger partial charge is 0.335 e. The number of rotatable bonds is 4. The van der Waals surface area contributed by atoms with E-state index < -0.39 is 16.0 Å². The van der Waals surface area contributed by atoms with Crippen molar-refractivity contribution in [1.29, 1.82) is 0 Å². The lowest BCUT2D eigenvalue weighted by molar-refractivity contribution is 0.0696. The lowest BCUT2D eigenvalue weighted by Crippen LogP contribution is -2.36. The van der Waals surface area contributed by atoms with E-state index >= 15 is 0 Å². The third kappa shape index (κ3) is 3.06. The maximum atomic E-state index is 12.0. The zero-order valence-electron chi connectivity index (χ0n) is 10.7. The van der Waals surface area contributed by atoms with Gasteiger partial charge in [-0.15, -0.1) is 4.83 Å². The van der Waals surface area contributed by atoms with Crippen molar-refractivity contribution in [2.45, 2.75) is 18.7 Å². The van der Waals surface area contributed by atoms with E-state index in [9.17, 15) is 13.2 Å². The predicted octanol–water partition coefficient (Wildman–Crippen LogP) is 0.757. The Labute approximate surface area is 106 Å². The molecule has 0 aromatic heterocycles. The Hall–Kier alpha value is -1.44. The van der Waals surface area contributed by atoms with Crippen molar-refractivity contribution in [2.24, 2.45) is 0 Å². The molecule has 0 aliphatic carbocycles. The van der Waals surface area contributed by atoms with Gasteiger partial charge in [0.2, 0.25) is 0 Å². The molecule has 1 aromatic carbocycles. The lowest BCUT2D eigenvalue weighted by Gasteiger charge is -2.15. The number of aryl methyl sites for hydroxylation is 1. The number of benzene rings is 1. The van der Waals surface area contributed by atoms with E-state index in [0.29, 0.717) is 11.1 Å². The van der Waals surface area contributed by atoms with Crippen molar-refractivity contribution >= 4 is 16.0 Å². The summed E-state index contributed by atoms with van der Waals surface area (Å²) in [6.07, 6.45) is 0. The van der Waals surface area contributed by atoms with E-state index in [-0.39, 0.29) is 10.5 Å². The molecule has 0 bridgehead atoms. The SMILES string of the molecule is Cc1cc(C(=O)O)cc(S(=O)(=O)NN(C)C)c1C. The largest absolute Gasteiger partial charge is 0.478 e. The average molecular weight is 272 g/mol. The molecule has 0 unspecified atom stereocenters. The van der Waals surface area contributed by atoms with Gasteiger partial charge in [-0.25, -0.2) is 18.2 Å². The average Bonchev–Trinajstić information content (AvgIpc) is 2.19. The van der Waals surface area contributed by atoms with Crippen molar-refractivity contribution in [1.82, 2.24) is 9.84 Å². The van der Waals surface area contributed by atoms with Crippen molar-refractivity contribution in [3.63, 3.8) is 0 Å². The minimum absolute atomic E-state index is 0.0198. The molecule has 6 nitrogen and oxygen atoms in total. The van der Waals surface area contributed by atoms with E-state index in [1.807, 2.05) is 0 Å². The second-order valence-electron chi connectivity index (χ2n) is 4.21. The molecule has 0 fully saturated rings. The van der Waals surface area contributed by atoms with Crippen molar-refractivity contribution in [3.8, 4) is 0 Å². The van der Waals surface area contributed by atoms with Crippen molar-refractivity contribution < 1.29 is 18.3 Å². The highest BCUT2D eigenvalue weighted by molar-refractivity contribution is 7.89. The van der Waals surface area contributed by atoms with Gasteiger partial charge in [0.1, 0.15) is 0 Å². The number of carboxylic acid groups (broad SMARTS) is 1. The zero-order chi connectivity index (χ0) is 14.1. The number of hydrogen-bond donors (Lipinski definition) is 2. The molecule has 18 heavy (non-hydrogen) atoms. The lowest BCUT2D eigenvalue weighted by atomic mass is 10.1. The first-order chi connectivity index (χ1) is 8.15. The summed E-state index contributed by atoms with van der Waals surface area (Å²) in [5.41, 5.74) is 1.11. The normalized spacial score (nSPS) is 11.8. The molecule has 0 atom stereocenters. The van der Waals surface area contributed by atoms with E-state index in [1.165, 1.54) is 11.1 Å². The second kappa shape index (κ2) is 5.05. The van der Waals surface area contributed by atoms with Crippen LogP contribution in [0, 0.1) is 13.8 Å². The third-order valence-corrected chi connectivity index (χ3v) is 4.07. The third-order valence-electron chi connectivity index (χ3n) is 2.46. The molecule has 7 heteroatoms. The molecule has 0 saturated carbocycles. The monoisotopic (exact) mass is 272 g/mol. The first-order valence-electron chi connectivity index (χ1n) is 5.19. The summed E-state index contributed by atoms with van der Waals surface area (Å²) in [6, 6.07) is 2.61. The standard InChI is InChI=1S/C11H16N2O4S/c1-7-5-9(11(14)15)6-10(8(7)2)18(16,17)12-13(3)4/h5-6,12H,1-4H3,(H,14,15). The Bertz CT molecular complexity index is 579. The Morgan fingerprint density at radius 2 is 1.83 bits per heavy atom. The molecule has 0 heterocycles. The van der Waals surface area contributed by atoms with Crippen LogP contribution in [0.15, 0.2) is 17.0 Å². The fraction of sp³-hybridized carbons (Fsp3) is 0.364. The van der Waals surface area contributed by atoms with Gasteiger partial charge in [0.25, 0.3) is 10.0 Å². The quantitative estimate of drug-likeness (QED) is 0.790. The predicted molar refractivity (Wildman–Crippen MR) is 66.9 cm³/mol. The van der Waals surface area contributed by atoms with E-state index in [1.54, 1.807) is 27.9 Å². The van der Waals surface area contributed by atoms with Crippen LogP contribution in [0.1, 0.15) is 21.5 Å². The molecule has 0 aliphatic heterocycles. The highest BCUT2D eigenvalue weighted by atomic mass is 32.2. The van der Waals surface area contributed by atoms with Crippen LogP contribution in [0.5, 0.6) is 0 Å². The Kier molecular flexibility index (Phi) is 4.10. The van der Waals surface area contributed by atoms with Crippen LogP contribution in [0.2, 0.25) is 0 Å². The molecule has 0 radical (unpaired) electrons. The summed E-state index contributed by atoms with van der Waals surface area (Å²) in [5, 5.41) is 10.2. The highest BCUT2D eigenvalue weighted by Gasteiger charge is 2.21. The maximum absolute atomic E-state index is 12.0. The summed E-state index contributed by atoms with van der Waals surface area (Å²) in [4.78, 5) is 13.2. The molecule has 1 aromatic rings. The van der Waals surface area contributed by atoms with Gasteiger partial charge >= 0.3 is 5.97 Å². The van der Waals surface area contributed by atoms with E-state index in [4.69, 9.17) is 5.11 Å². The summed E-state index contributed by atoms with van der Waals surface area (Å²) >= 11 is 0. The molecule has 1 rings (SSSR count). The van der Waals surface area contributed by atoms with Crippen molar-refractivity contribution in [3.05, 3.63) is 28.8 Å². The van der Waals surface area contributed by atoms with Crippen LogP contribution < -0.4 is 4.83 Å². The topological polar surface area (TPSA) is 86.7 Å². The number of carbonyl (C=O) groups is 1. The molecule has 0 aliphatic rings. The van der Waals surface area contributed by atoms with Crippen LogP contribution in [0.3, 0.4) is 0 Å². The zero-order valence-corrected chi connectivity index (χ0v) is 11.5. The Morgan fingerprint density at radius 1 is 1.28 bits per heavy atom. The first kappa shape index (κ1) is 14.6. The number of hydrazine groups is 1. The van der Waals surface area contributed by atoms with Gasteiger partial charge in [-0.2, -0.15) is 0 Å². The molecule has 0 amide bonds. The molecule has 100 valence electrons. The highest BCUT2D eigenvalue weighted by Crippen LogP contribution is 2.21. The summed E-state index contributed by atoms with van der Waals surface area (Å²) < 4.78 is 24.1. The van der Waals surface area contributed by atoms with Gasteiger partial charge in [0.15, 0.2) is 0 Å². The fourth-order valence-electron chi connectivity index (χ4n) is 1.52. The van der Waals surface area contributed by atoms with E-state index in [0.717, 1.165) is 6.07 Å². The number of sulfonamides is 1. The van der Waals surface area contributed by atoms with Crippen LogP contribution in [-0.2, 0) is 10.0 Å². The second-order valence-corrected chi connectivity index (χ2v) is 5.84. The Balaban J connectivity index is 3.45. The number of hydrogen-bond acceptors (Lipinski definition) is 4. The number of nitrogens with zero attached hydrogens (tertiary/aromatic N) is 1. The van der Waals surface area contributed by atoms with Gasteiger partial charge < -0.3 is 5.11 Å². The molecular formula is C11H16N2O4S.